The van der Waals surface area contributed by atoms with E-state index in [9.17, 15) is 24.3 Å². The molecule has 1 aliphatic heterocycles. The number of fused-ring (bicyclic) bond motifs is 4. The van der Waals surface area contributed by atoms with Gasteiger partial charge in [-0.3, -0.25) is 24.1 Å². The molecule has 1 N–H and O–H groups in total. The summed E-state index contributed by atoms with van der Waals surface area (Å²) in [7, 11) is 0. The van der Waals surface area contributed by atoms with Gasteiger partial charge < -0.3 is 5.11 Å². The molecule has 8 rings (SSSR count). The van der Waals surface area contributed by atoms with Crippen molar-refractivity contribution in [3.8, 4) is 5.75 Å². The highest BCUT2D eigenvalue weighted by molar-refractivity contribution is 6.32. The molecule has 4 aromatic carbocycles. The normalized spacial score (nSPS) is 28.3. The van der Waals surface area contributed by atoms with Gasteiger partial charge in [0, 0.05) is 23.0 Å². The van der Waals surface area contributed by atoms with Gasteiger partial charge >= 0.3 is 0 Å². The van der Waals surface area contributed by atoms with Gasteiger partial charge in [-0.05, 0) is 54.2 Å². The van der Waals surface area contributed by atoms with Crippen LogP contribution in [0.15, 0.2) is 127 Å². The van der Waals surface area contributed by atoms with Crippen molar-refractivity contribution in [3.05, 3.63) is 149 Å². The van der Waals surface area contributed by atoms with Gasteiger partial charge in [0.05, 0.1) is 22.9 Å². The molecule has 4 aromatic rings. The van der Waals surface area contributed by atoms with Crippen LogP contribution in [0.4, 0.5) is 10.1 Å². The van der Waals surface area contributed by atoms with E-state index in [0.717, 1.165) is 6.07 Å². The number of allylic oxidation sites excluding steroid dienone is 4. The summed E-state index contributed by atoms with van der Waals surface area (Å²) < 4.78 is 15.2. The number of carbonyl (C=O) groups excluding carboxylic acids is 4. The van der Waals surface area contributed by atoms with Crippen molar-refractivity contribution in [1.82, 2.24) is 0 Å². The molecule has 232 valence electrons. The maximum Gasteiger partial charge on any atom is 0.238 e. The van der Waals surface area contributed by atoms with E-state index in [-0.39, 0.29) is 47.4 Å². The number of rotatable bonds is 4. The number of hydrogen-bond acceptors (Lipinski definition) is 5. The fourth-order valence-corrected chi connectivity index (χ4v) is 8.82. The van der Waals surface area contributed by atoms with Crippen molar-refractivity contribution >= 4 is 34.6 Å². The lowest BCUT2D eigenvalue weighted by Gasteiger charge is -2.55. The summed E-state index contributed by atoms with van der Waals surface area (Å²) in [4.78, 5) is 59.2. The van der Waals surface area contributed by atoms with Crippen molar-refractivity contribution in [3.63, 3.8) is 0 Å². The second kappa shape index (κ2) is 10.8. The lowest BCUT2D eigenvalue weighted by atomic mass is 9.44. The topological polar surface area (TPSA) is 91.8 Å². The third-order valence-electron chi connectivity index (χ3n) is 10.7. The molecule has 0 aromatic heterocycles. The number of phenolic OH excluding ortho intramolecular Hbond substituents is 1. The minimum absolute atomic E-state index is 0.130. The van der Waals surface area contributed by atoms with Crippen LogP contribution in [-0.4, -0.2) is 28.5 Å². The van der Waals surface area contributed by atoms with E-state index < -0.39 is 46.6 Å². The number of Topliss-reactive ketones (excluding diaryl/α,β-unsaturated/α-hetero) is 1. The molecule has 0 bridgehead atoms. The van der Waals surface area contributed by atoms with E-state index in [2.05, 4.69) is 0 Å². The first kappa shape index (κ1) is 29.0. The monoisotopic (exact) mass is 623 g/mol. The first-order chi connectivity index (χ1) is 22.8. The van der Waals surface area contributed by atoms with Crippen LogP contribution in [0.1, 0.15) is 35.4 Å². The molecule has 4 aliphatic rings. The van der Waals surface area contributed by atoms with E-state index >= 15 is 4.39 Å². The summed E-state index contributed by atoms with van der Waals surface area (Å²) >= 11 is 0. The number of anilines is 1. The summed E-state index contributed by atoms with van der Waals surface area (Å²) in [5.41, 5.74) is 1.22. The van der Waals surface area contributed by atoms with Gasteiger partial charge in [0.1, 0.15) is 0 Å². The van der Waals surface area contributed by atoms with E-state index in [1.54, 1.807) is 78.9 Å². The number of hydrogen-bond donors (Lipinski definition) is 1. The molecule has 7 heteroatoms. The van der Waals surface area contributed by atoms with E-state index in [0.29, 0.717) is 22.4 Å². The number of phenols is 1. The molecule has 1 saturated heterocycles. The molecular formula is C40H30FNO5. The zero-order valence-corrected chi connectivity index (χ0v) is 25.3. The Balaban J connectivity index is 1.38. The Kier molecular flexibility index (Phi) is 6.69. The minimum Gasteiger partial charge on any atom is -0.505 e. The summed E-state index contributed by atoms with van der Waals surface area (Å²) in [5, 5.41) is 11.3. The summed E-state index contributed by atoms with van der Waals surface area (Å²) in [6.07, 6.45) is 3.67. The van der Waals surface area contributed by atoms with Crippen LogP contribution in [0.2, 0.25) is 0 Å². The molecule has 1 saturated carbocycles. The Morgan fingerprint density at radius 2 is 1.40 bits per heavy atom. The number of amides is 2. The molecule has 6 atom stereocenters. The maximum atomic E-state index is 15.2. The number of aromatic hydroxyl groups is 1. The number of benzene rings is 4. The number of carbonyl (C=O) groups is 4. The molecule has 47 heavy (non-hydrogen) atoms. The van der Waals surface area contributed by atoms with Crippen LogP contribution in [0.5, 0.6) is 5.75 Å². The van der Waals surface area contributed by atoms with Crippen molar-refractivity contribution in [2.24, 2.45) is 23.7 Å². The zero-order valence-electron chi connectivity index (χ0n) is 25.3. The van der Waals surface area contributed by atoms with E-state index in [1.165, 1.54) is 17.0 Å². The Bertz CT molecular complexity index is 2020. The Morgan fingerprint density at radius 1 is 0.745 bits per heavy atom. The maximum absolute atomic E-state index is 15.2. The molecule has 3 aliphatic carbocycles. The molecule has 2 amide bonds. The molecule has 6 nitrogen and oxygen atoms in total. The predicted octanol–water partition coefficient (Wildman–Crippen LogP) is 6.56. The Hall–Kier alpha value is -5.43. The molecule has 0 spiro atoms. The first-order valence-corrected chi connectivity index (χ1v) is 15.9. The second-order valence-corrected chi connectivity index (χ2v) is 12.8. The summed E-state index contributed by atoms with van der Waals surface area (Å²) in [5.74, 6) is -6.72. The third kappa shape index (κ3) is 4.08. The van der Waals surface area contributed by atoms with Gasteiger partial charge in [0.2, 0.25) is 11.8 Å². The van der Waals surface area contributed by atoms with Crippen LogP contribution in [0, 0.1) is 29.5 Å². The van der Waals surface area contributed by atoms with E-state index in [1.807, 2.05) is 24.3 Å². The lowest BCUT2D eigenvalue weighted by Crippen LogP contribution is -2.58. The molecule has 1 heterocycles. The minimum atomic E-state index is -1.54. The number of imide groups is 1. The fourth-order valence-electron chi connectivity index (χ4n) is 8.82. The average Bonchev–Trinajstić information content (AvgIpc) is 3.37. The SMILES string of the molecule is O=C1C(c2ccccc2)=CC(=O)C2(c3ccccc3)C1CC1C(=CCC3C(=O)N(c4ccccc4)C(=O)C31)C2c1cccc(F)c1O. The number of nitrogens with zero attached hydrogens (tertiary/aromatic N) is 1. The van der Waals surface area contributed by atoms with Gasteiger partial charge in [-0.15, -0.1) is 0 Å². The Labute approximate surface area is 270 Å². The highest BCUT2D eigenvalue weighted by atomic mass is 19.1. The third-order valence-corrected chi connectivity index (χ3v) is 10.7. The largest absolute Gasteiger partial charge is 0.505 e. The van der Waals surface area contributed by atoms with Crippen molar-refractivity contribution < 1.29 is 28.7 Å². The predicted molar refractivity (Wildman–Crippen MR) is 174 cm³/mol. The van der Waals surface area contributed by atoms with Gasteiger partial charge in [-0.25, -0.2) is 4.39 Å². The van der Waals surface area contributed by atoms with Crippen LogP contribution in [-0.2, 0) is 24.6 Å². The van der Waals surface area contributed by atoms with Crippen LogP contribution < -0.4 is 4.90 Å². The van der Waals surface area contributed by atoms with Gasteiger partial charge in [0.15, 0.2) is 23.1 Å². The number of halogens is 1. The first-order valence-electron chi connectivity index (χ1n) is 15.9. The quantitative estimate of drug-likeness (QED) is 0.205. The lowest BCUT2D eigenvalue weighted by molar-refractivity contribution is -0.135. The van der Waals surface area contributed by atoms with Crippen molar-refractivity contribution in [2.75, 3.05) is 4.90 Å². The number of para-hydroxylation sites is 2. The van der Waals surface area contributed by atoms with Crippen LogP contribution >= 0.6 is 0 Å². The fraction of sp³-hybridized carbons (Fsp3) is 0.200. The second-order valence-electron chi connectivity index (χ2n) is 12.8. The molecular weight excluding hydrogens is 593 g/mol. The molecule has 2 fully saturated rings. The molecule has 0 radical (unpaired) electrons. The van der Waals surface area contributed by atoms with Gasteiger partial charge in [0.25, 0.3) is 0 Å². The molecule has 6 unspecified atom stereocenters. The highest BCUT2D eigenvalue weighted by Crippen LogP contribution is 2.64. The zero-order chi connectivity index (χ0) is 32.4. The van der Waals surface area contributed by atoms with Gasteiger partial charge in [-0.1, -0.05) is 103 Å². The smallest absolute Gasteiger partial charge is 0.238 e. The van der Waals surface area contributed by atoms with Crippen LogP contribution in [0.25, 0.3) is 5.57 Å². The van der Waals surface area contributed by atoms with Crippen molar-refractivity contribution in [2.45, 2.75) is 24.2 Å². The van der Waals surface area contributed by atoms with Crippen LogP contribution in [0.3, 0.4) is 0 Å². The average molecular weight is 624 g/mol. The number of ketones is 2. The Morgan fingerprint density at radius 3 is 2.11 bits per heavy atom. The highest BCUT2D eigenvalue weighted by Gasteiger charge is 2.66. The van der Waals surface area contributed by atoms with Gasteiger partial charge in [-0.2, -0.15) is 0 Å². The summed E-state index contributed by atoms with van der Waals surface area (Å²) in [6, 6.07) is 31.0. The van der Waals surface area contributed by atoms with Crippen molar-refractivity contribution in [1.29, 1.82) is 0 Å². The standard InChI is InChI=1S/C40H30FNO5/c41-32-18-10-17-28(37(32)45)35-26-19-20-27-34(39(47)42(38(27)46)25-15-8-3-9-16-25)30(26)21-31-36(44)29(23-11-4-1-5-12-23)22-33(43)40(31,35)24-13-6-2-7-14-24/h1-19,22,27,30-31,34-35,45H,20-21H2. The van der Waals surface area contributed by atoms with E-state index in [4.69, 9.17) is 0 Å². The summed E-state index contributed by atoms with van der Waals surface area (Å²) in [6.45, 7) is 0.